The maximum atomic E-state index is 5.13. The van der Waals surface area contributed by atoms with Gasteiger partial charge in [0.25, 0.3) is 0 Å². The van der Waals surface area contributed by atoms with Gasteiger partial charge in [-0.15, -0.1) is 0 Å². The van der Waals surface area contributed by atoms with Gasteiger partial charge in [-0.3, -0.25) is 0 Å². The smallest absolute Gasteiger partial charge is 0.119 e. The summed E-state index contributed by atoms with van der Waals surface area (Å²) in [6.45, 7) is 4.47. The minimum absolute atomic E-state index is 0.542. The molecule has 0 spiro atoms. The normalized spacial score (nSPS) is 12.2. The molecule has 1 atom stereocenters. The molecule has 2 nitrogen and oxygen atoms in total. The third-order valence-electron chi connectivity index (χ3n) is 2.74. The minimum Gasteiger partial charge on any atom is -0.497 e. The molecule has 1 unspecified atom stereocenters. The Morgan fingerprint density at radius 2 is 1.88 bits per heavy atom. The second-order valence-electron chi connectivity index (χ2n) is 4.27. The topological polar surface area (TPSA) is 21.3 Å². The van der Waals surface area contributed by atoms with Gasteiger partial charge in [-0.2, -0.15) is 0 Å². The molecule has 0 amide bonds. The van der Waals surface area contributed by atoms with Crippen molar-refractivity contribution in [2.24, 2.45) is 0 Å². The van der Waals surface area contributed by atoms with Crippen LogP contribution in [0.15, 0.2) is 24.3 Å². The minimum atomic E-state index is 0.542. The molecule has 1 rings (SSSR count). The van der Waals surface area contributed by atoms with E-state index in [1.54, 1.807) is 7.11 Å². The maximum Gasteiger partial charge on any atom is 0.119 e. The van der Waals surface area contributed by atoms with Crippen molar-refractivity contribution in [3.8, 4) is 5.75 Å². The first kappa shape index (κ1) is 12.9. The van der Waals surface area contributed by atoms with Crippen LogP contribution in [0.25, 0.3) is 0 Å². The summed E-state index contributed by atoms with van der Waals surface area (Å²) in [6.07, 6.45) is 5.16. The molecule has 1 aromatic rings. The number of rotatable bonds is 7. The molecule has 2 heteroatoms. The number of hydrogen-bond donors (Lipinski definition) is 1. The van der Waals surface area contributed by atoms with Crippen LogP contribution in [-0.2, 0) is 0 Å². The standard InChI is InChI=1S/C14H23NO/c1-4-5-6-7-12(2)15-13-8-10-14(16-3)11-9-13/h8-12,15H,4-7H2,1-3H3. The van der Waals surface area contributed by atoms with Crippen molar-refractivity contribution in [3.05, 3.63) is 24.3 Å². The zero-order chi connectivity index (χ0) is 11.8. The molecule has 0 fully saturated rings. The molecule has 0 aliphatic heterocycles. The Morgan fingerprint density at radius 3 is 2.44 bits per heavy atom. The third kappa shape index (κ3) is 4.56. The molecule has 1 aromatic carbocycles. The summed E-state index contributed by atoms with van der Waals surface area (Å²) < 4.78 is 5.13. The number of unbranched alkanes of at least 4 members (excludes halogenated alkanes) is 2. The van der Waals surface area contributed by atoms with Gasteiger partial charge in [0.05, 0.1) is 7.11 Å². The largest absolute Gasteiger partial charge is 0.497 e. The lowest BCUT2D eigenvalue weighted by Crippen LogP contribution is -2.14. The Labute approximate surface area is 99.0 Å². The number of benzene rings is 1. The Bertz CT molecular complexity index is 281. The predicted molar refractivity (Wildman–Crippen MR) is 70.2 cm³/mol. The summed E-state index contributed by atoms with van der Waals surface area (Å²) in [4.78, 5) is 0. The number of ether oxygens (including phenoxy) is 1. The Hall–Kier alpha value is -1.18. The van der Waals surface area contributed by atoms with Gasteiger partial charge in [0.1, 0.15) is 5.75 Å². The van der Waals surface area contributed by atoms with E-state index in [2.05, 4.69) is 31.3 Å². The van der Waals surface area contributed by atoms with Gasteiger partial charge in [0.15, 0.2) is 0 Å². The highest BCUT2D eigenvalue weighted by atomic mass is 16.5. The molecule has 0 aliphatic rings. The monoisotopic (exact) mass is 221 g/mol. The quantitative estimate of drug-likeness (QED) is 0.701. The number of nitrogens with one attached hydrogen (secondary N) is 1. The van der Waals surface area contributed by atoms with Crippen molar-refractivity contribution in [1.82, 2.24) is 0 Å². The lowest BCUT2D eigenvalue weighted by molar-refractivity contribution is 0.415. The van der Waals surface area contributed by atoms with E-state index in [-0.39, 0.29) is 0 Å². The zero-order valence-electron chi connectivity index (χ0n) is 10.6. The molecule has 0 heterocycles. The molecule has 0 aromatic heterocycles. The SMILES string of the molecule is CCCCCC(C)Nc1ccc(OC)cc1. The van der Waals surface area contributed by atoms with E-state index in [1.165, 1.54) is 31.4 Å². The highest BCUT2D eigenvalue weighted by molar-refractivity contribution is 5.46. The molecule has 16 heavy (non-hydrogen) atoms. The van der Waals surface area contributed by atoms with E-state index in [4.69, 9.17) is 4.74 Å². The van der Waals surface area contributed by atoms with Gasteiger partial charge < -0.3 is 10.1 Å². The van der Waals surface area contributed by atoms with Crippen molar-refractivity contribution in [3.63, 3.8) is 0 Å². The van der Waals surface area contributed by atoms with Crippen molar-refractivity contribution in [2.75, 3.05) is 12.4 Å². The van der Waals surface area contributed by atoms with E-state index < -0.39 is 0 Å². The third-order valence-corrected chi connectivity index (χ3v) is 2.74. The molecule has 0 bridgehead atoms. The first-order valence-electron chi connectivity index (χ1n) is 6.17. The average molecular weight is 221 g/mol. The summed E-state index contributed by atoms with van der Waals surface area (Å²) >= 11 is 0. The van der Waals surface area contributed by atoms with Gasteiger partial charge in [0, 0.05) is 11.7 Å². The van der Waals surface area contributed by atoms with Crippen molar-refractivity contribution in [1.29, 1.82) is 0 Å². The van der Waals surface area contributed by atoms with Crippen molar-refractivity contribution >= 4 is 5.69 Å². The first-order chi connectivity index (χ1) is 7.76. The molecular formula is C14H23NO. The molecule has 0 saturated carbocycles. The van der Waals surface area contributed by atoms with Crippen LogP contribution in [0, 0.1) is 0 Å². The first-order valence-corrected chi connectivity index (χ1v) is 6.17. The second kappa shape index (κ2) is 7.15. The van der Waals surface area contributed by atoms with Crippen LogP contribution in [0.5, 0.6) is 5.75 Å². The van der Waals surface area contributed by atoms with Gasteiger partial charge in [-0.1, -0.05) is 26.2 Å². The van der Waals surface area contributed by atoms with E-state index in [9.17, 15) is 0 Å². The van der Waals surface area contributed by atoms with Gasteiger partial charge in [-0.25, -0.2) is 0 Å². The lowest BCUT2D eigenvalue weighted by atomic mass is 10.1. The zero-order valence-corrected chi connectivity index (χ0v) is 10.6. The number of hydrogen-bond acceptors (Lipinski definition) is 2. The van der Waals surface area contributed by atoms with Crippen LogP contribution < -0.4 is 10.1 Å². The number of methoxy groups -OCH3 is 1. The maximum absolute atomic E-state index is 5.13. The van der Waals surface area contributed by atoms with Crippen LogP contribution >= 0.6 is 0 Å². The molecule has 0 saturated heterocycles. The average Bonchev–Trinajstić information content (AvgIpc) is 2.30. The fourth-order valence-electron chi connectivity index (χ4n) is 1.74. The molecule has 0 aliphatic carbocycles. The summed E-state index contributed by atoms with van der Waals surface area (Å²) in [7, 11) is 1.69. The summed E-state index contributed by atoms with van der Waals surface area (Å²) in [5.74, 6) is 0.907. The Balaban J connectivity index is 2.34. The molecular weight excluding hydrogens is 198 g/mol. The van der Waals surface area contributed by atoms with Crippen LogP contribution in [0.1, 0.15) is 39.5 Å². The summed E-state index contributed by atoms with van der Waals surface area (Å²) in [5.41, 5.74) is 1.17. The van der Waals surface area contributed by atoms with Crippen LogP contribution in [0.3, 0.4) is 0 Å². The summed E-state index contributed by atoms with van der Waals surface area (Å²) in [5, 5.41) is 3.50. The van der Waals surface area contributed by atoms with E-state index >= 15 is 0 Å². The van der Waals surface area contributed by atoms with Crippen molar-refractivity contribution in [2.45, 2.75) is 45.6 Å². The fourth-order valence-corrected chi connectivity index (χ4v) is 1.74. The van der Waals surface area contributed by atoms with Gasteiger partial charge >= 0.3 is 0 Å². The lowest BCUT2D eigenvalue weighted by Gasteiger charge is -2.15. The van der Waals surface area contributed by atoms with Crippen LogP contribution in [0.2, 0.25) is 0 Å². The second-order valence-corrected chi connectivity index (χ2v) is 4.27. The Kier molecular flexibility index (Phi) is 5.76. The van der Waals surface area contributed by atoms with E-state index in [1.807, 2.05) is 12.1 Å². The highest BCUT2D eigenvalue weighted by Gasteiger charge is 2.01. The van der Waals surface area contributed by atoms with Crippen molar-refractivity contribution < 1.29 is 4.74 Å². The van der Waals surface area contributed by atoms with Gasteiger partial charge in [-0.05, 0) is 37.6 Å². The van der Waals surface area contributed by atoms with Crippen LogP contribution in [-0.4, -0.2) is 13.2 Å². The highest BCUT2D eigenvalue weighted by Crippen LogP contribution is 2.17. The van der Waals surface area contributed by atoms with E-state index in [0.29, 0.717) is 6.04 Å². The van der Waals surface area contributed by atoms with Gasteiger partial charge in [0.2, 0.25) is 0 Å². The molecule has 90 valence electrons. The molecule has 1 N–H and O–H groups in total. The number of anilines is 1. The summed E-state index contributed by atoms with van der Waals surface area (Å²) in [6, 6.07) is 8.65. The Morgan fingerprint density at radius 1 is 1.19 bits per heavy atom. The van der Waals surface area contributed by atoms with E-state index in [0.717, 1.165) is 5.75 Å². The molecule has 0 radical (unpaired) electrons. The predicted octanol–water partition coefficient (Wildman–Crippen LogP) is 4.08. The fraction of sp³-hybridized carbons (Fsp3) is 0.571. The van der Waals surface area contributed by atoms with Crippen LogP contribution in [0.4, 0.5) is 5.69 Å².